The monoisotopic (exact) mass is 405 g/mol. The van der Waals surface area contributed by atoms with Gasteiger partial charge in [0.15, 0.2) is 0 Å². The number of rotatable bonds is 5. The average molecular weight is 406 g/mol. The Balaban J connectivity index is 1.22. The van der Waals surface area contributed by atoms with Crippen molar-refractivity contribution in [1.82, 2.24) is 19.9 Å². The van der Waals surface area contributed by atoms with Crippen LogP contribution in [-0.2, 0) is 18.6 Å². The highest BCUT2D eigenvalue weighted by atomic mass is 16.3. The molecule has 3 aromatic rings. The fourth-order valence-electron chi connectivity index (χ4n) is 4.16. The molecule has 0 aromatic carbocycles. The van der Waals surface area contributed by atoms with E-state index in [-0.39, 0.29) is 5.56 Å². The molecule has 0 bridgehead atoms. The van der Waals surface area contributed by atoms with E-state index in [1.165, 1.54) is 0 Å². The van der Waals surface area contributed by atoms with E-state index in [1.807, 2.05) is 37.5 Å². The summed E-state index contributed by atoms with van der Waals surface area (Å²) in [6.45, 7) is 6.57. The van der Waals surface area contributed by atoms with Crippen LogP contribution in [0.15, 0.2) is 41.5 Å². The predicted octanol–water partition coefficient (Wildman–Crippen LogP) is 2.18. The van der Waals surface area contributed by atoms with Crippen LogP contribution in [0.25, 0.3) is 11.0 Å². The SMILES string of the molecule is CCc1cc2ncc(CN3CCN(c4ccc(C5(O)CC5)nc4)CC3)cc2[nH]c1=O. The summed E-state index contributed by atoms with van der Waals surface area (Å²) in [5.74, 6) is 0. The highest BCUT2D eigenvalue weighted by Gasteiger charge is 2.43. The number of H-pyrrole nitrogens is 1. The zero-order chi connectivity index (χ0) is 20.7. The summed E-state index contributed by atoms with van der Waals surface area (Å²) < 4.78 is 0. The zero-order valence-electron chi connectivity index (χ0n) is 17.3. The highest BCUT2D eigenvalue weighted by Crippen LogP contribution is 2.44. The maximum Gasteiger partial charge on any atom is 0.251 e. The third kappa shape index (κ3) is 3.70. The number of pyridine rings is 3. The fourth-order valence-corrected chi connectivity index (χ4v) is 4.16. The molecule has 4 heterocycles. The first-order valence-corrected chi connectivity index (χ1v) is 10.7. The molecule has 0 amide bonds. The van der Waals surface area contributed by atoms with Crippen molar-refractivity contribution in [2.45, 2.75) is 38.3 Å². The Bertz CT molecular complexity index is 1110. The number of piperazine rings is 1. The van der Waals surface area contributed by atoms with Gasteiger partial charge in [-0.15, -0.1) is 0 Å². The molecule has 1 aliphatic carbocycles. The Morgan fingerprint density at radius 1 is 1.10 bits per heavy atom. The topological polar surface area (TPSA) is 85.3 Å². The van der Waals surface area contributed by atoms with Gasteiger partial charge in [-0.3, -0.25) is 19.7 Å². The number of nitrogens with zero attached hydrogens (tertiary/aromatic N) is 4. The lowest BCUT2D eigenvalue weighted by Gasteiger charge is -2.36. The van der Waals surface area contributed by atoms with Gasteiger partial charge >= 0.3 is 0 Å². The molecular formula is C23H27N5O2. The van der Waals surface area contributed by atoms with Crippen LogP contribution in [0.5, 0.6) is 0 Å². The Morgan fingerprint density at radius 3 is 2.57 bits per heavy atom. The molecular weight excluding hydrogens is 378 g/mol. The minimum Gasteiger partial charge on any atom is -0.384 e. The highest BCUT2D eigenvalue weighted by molar-refractivity contribution is 5.74. The molecule has 1 saturated carbocycles. The third-order valence-electron chi connectivity index (χ3n) is 6.30. The number of aliphatic hydroxyl groups is 1. The number of hydrogen-bond acceptors (Lipinski definition) is 6. The van der Waals surface area contributed by atoms with Gasteiger partial charge < -0.3 is 15.0 Å². The van der Waals surface area contributed by atoms with Gasteiger partial charge in [0, 0.05) is 44.5 Å². The van der Waals surface area contributed by atoms with Gasteiger partial charge in [0.25, 0.3) is 5.56 Å². The van der Waals surface area contributed by atoms with Crippen LogP contribution < -0.4 is 10.5 Å². The van der Waals surface area contributed by atoms with Crippen LogP contribution >= 0.6 is 0 Å². The molecule has 0 radical (unpaired) electrons. The molecule has 1 saturated heterocycles. The molecule has 0 unspecified atom stereocenters. The quantitative estimate of drug-likeness (QED) is 0.677. The molecule has 0 spiro atoms. The summed E-state index contributed by atoms with van der Waals surface area (Å²) in [5, 5.41) is 10.2. The van der Waals surface area contributed by atoms with E-state index in [1.54, 1.807) is 0 Å². The molecule has 7 nitrogen and oxygen atoms in total. The van der Waals surface area contributed by atoms with Crippen molar-refractivity contribution in [3.05, 3.63) is 63.8 Å². The summed E-state index contributed by atoms with van der Waals surface area (Å²) in [7, 11) is 0. The Kier molecular flexibility index (Phi) is 4.79. The van der Waals surface area contributed by atoms with Crippen molar-refractivity contribution in [2.75, 3.05) is 31.1 Å². The standard InChI is InChI=1S/C23H27N5O2/c1-2-17-12-19-20(26-22(17)29)11-16(13-24-19)15-27-7-9-28(10-8-27)18-3-4-21(25-14-18)23(30)5-6-23/h3-4,11-14,30H,2,5-10,15H2,1H3,(H,26,29). The van der Waals surface area contributed by atoms with Gasteiger partial charge in [0.05, 0.1) is 28.6 Å². The van der Waals surface area contributed by atoms with Crippen molar-refractivity contribution in [2.24, 2.45) is 0 Å². The molecule has 2 fully saturated rings. The van der Waals surface area contributed by atoms with E-state index in [4.69, 9.17) is 0 Å². The summed E-state index contributed by atoms with van der Waals surface area (Å²) in [5.41, 5.74) is 4.73. The second-order valence-corrected chi connectivity index (χ2v) is 8.45. The van der Waals surface area contributed by atoms with Crippen molar-refractivity contribution < 1.29 is 5.11 Å². The van der Waals surface area contributed by atoms with Gasteiger partial charge in [-0.1, -0.05) is 6.92 Å². The van der Waals surface area contributed by atoms with E-state index in [0.29, 0.717) is 6.42 Å². The lowest BCUT2D eigenvalue weighted by Crippen LogP contribution is -2.46. The van der Waals surface area contributed by atoms with Crippen LogP contribution in [0, 0.1) is 0 Å². The predicted molar refractivity (Wildman–Crippen MR) is 117 cm³/mol. The third-order valence-corrected chi connectivity index (χ3v) is 6.30. The zero-order valence-corrected chi connectivity index (χ0v) is 17.3. The van der Waals surface area contributed by atoms with Crippen molar-refractivity contribution in [1.29, 1.82) is 0 Å². The minimum absolute atomic E-state index is 0.0222. The van der Waals surface area contributed by atoms with Crippen LogP contribution in [0.1, 0.15) is 36.6 Å². The maximum absolute atomic E-state index is 12.1. The Morgan fingerprint density at radius 2 is 1.90 bits per heavy atom. The molecule has 7 heteroatoms. The Labute approximate surface area is 175 Å². The minimum atomic E-state index is -0.673. The van der Waals surface area contributed by atoms with Crippen molar-refractivity contribution in [3.8, 4) is 0 Å². The molecule has 156 valence electrons. The molecule has 1 aliphatic heterocycles. The largest absolute Gasteiger partial charge is 0.384 e. The van der Waals surface area contributed by atoms with Crippen LogP contribution in [0.4, 0.5) is 5.69 Å². The summed E-state index contributed by atoms with van der Waals surface area (Å²) in [6, 6.07) is 7.96. The second-order valence-electron chi connectivity index (χ2n) is 8.45. The number of anilines is 1. The molecule has 5 rings (SSSR count). The lowest BCUT2D eigenvalue weighted by atomic mass is 10.1. The number of hydrogen-bond donors (Lipinski definition) is 2. The van der Waals surface area contributed by atoms with Crippen LogP contribution in [0.3, 0.4) is 0 Å². The number of aromatic amines is 1. The molecule has 2 aliphatic rings. The van der Waals surface area contributed by atoms with Crippen molar-refractivity contribution in [3.63, 3.8) is 0 Å². The summed E-state index contributed by atoms with van der Waals surface area (Å²) >= 11 is 0. The van der Waals surface area contributed by atoms with Crippen LogP contribution in [-0.4, -0.2) is 51.1 Å². The van der Waals surface area contributed by atoms with E-state index < -0.39 is 5.60 Å². The first-order chi connectivity index (χ1) is 14.5. The van der Waals surface area contributed by atoms with Gasteiger partial charge in [0.2, 0.25) is 0 Å². The molecule has 0 atom stereocenters. The maximum atomic E-state index is 12.1. The number of aromatic nitrogens is 3. The summed E-state index contributed by atoms with van der Waals surface area (Å²) in [6.07, 6.45) is 6.13. The number of nitrogens with one attached hydrogen (secondary N) is 1. The van der Waals surface area contributed by atoms with E-state index >= 15 is 0 Å². The van der Waals surface area contributed by atoms with Gasteiger partial charge in [-0.25, -0.2) is 0 Å². The number of fused-ring (bicyclic) bond motifs is 1. The molecule has 30 heavy (non-hydrogen) atoms. The van der Waals surface area contributed by atoms with E-state index in [2.05, 4.69) is 30.8 Å². The first kappa shape index (κ1) is 19.2. The fraction of sp³-hybridized carbons (Fsp3) is 0.435. The number of aryl methyl sites for hydroxylation is 1. The normalized spacial score (nSPS) is 18.7. The summed E-state index contributed by atoms with van der Waals surface area (Å²) in [4.78, 5) is 28.8. The molecule has 2 N–H and O–H groups in total. The van der Waals surface area contributed by atoms with E-state index in [0.717, 1.165) is 79.1 Å². The Hall–Kier alpha value is -2.77. The van der Waals surface area contributed by atoms with Crippen molar-refractivity contribution >= 4 is 16.7 Å². The second kappa shape index (κ2) is 7.49. The van der Waals surface area contributed by atoms with E-state index in [9.17, 15) is 9.90 Å². The first-order valence-electron chi connectivity index (χ1n) is 10.7. The van der Waals surface area contributed by atoms with Crippen LogP contribution in [0.2, 0.25) is 0 Å². The van der Waals surface area contributed by atoms with Gasteiger partial charge in [-0.05, 0) is 49.1 Å². The van der Waals surface area contributed by atoms with Gasteiger partial charge in [-0.2, -0.15) is 0 Å². The smallest absolute Gasteiger partial charge is 0.251 e. The van der Waals surface area contributed by atoms with Gasteiger partial charge in [0.1, 0.15) is 5.60 Å². The lowest BCUT2D eigenvalue weighted by molar-refractivity contribution is 0.146. The average Bonchev–Trinajstić information content (AvgIpc) is 3.52. The molecule has 3 aromatic heterocycles.